The van der Waals surface area contributed by atoms with Gasteiger partial charge in [0.15, 0.2) is 5.58 Å². The summed E-state index contributed by atoms with van der Waals surface area (Å²) in [5.74, 6) is -0.816. The van der Waals surface area contributed by atoms with Crippen LogP contribution in [0, 0.1) is 5.82 Å². The zero-order chi connectivity index (χ0) is 15.0. The van der Waals surface area contributed by atoms with Crippen molar-refractivity contribution >= 4 is 28.2 Å². The van der Waals surface area contributed by atoms with Crippen LogP contribution in [0.5, 0.6) is 0 Å². The van der Waals surface area contributed by atoms with E-state index in [0.29, 0.717) is 23.3 Å². The molecule has 1 heterocycles. The second-order valence-corrected chi connectivity index (χ2v) is 4.64. The minimum atomic E-state index is -0.522. The van der Waals surface area contributed by atoms with E-state index >= 15 is 0 Å². The zero-order valence-electron chi connectivity index (χ0n) is 11.4. The summed E-state index contributed by atoms with van der Waals surface area (Å²) >= 11 is 0. The van der Waals surface area contributed by atoms with Gasteiger partial charge in [-0.3, -0.25) is 4.98 Å². The third-order valence-corrected chi connectivity index (χ3v) is 3.31. The molecule has 0 spiro atoms. The van der Waals surface area contributed by atoms with Crippen molar-refractivity contribution in [2.75, 3.05) is 17.2 Å². The zero-order valence-corrected chi connectivity index (χ0v) is 11.4. The van der Waals surface area contributed by atoms with Gasteiger partial charge in [0.2, 0.25) is 0 Å². The van der Waals surface area contributed by atoms with Crippen molar-refractivity contribution < 1.29 is 8.81 Å². The summed E-state index contributed by atoms with van der Waals surface area (Å²) in [5, 5.41) is 0. The molecule has 0 bridgehead atoms. The predicted octanol–water partition coefficient (Wildman–Crippen LogP) is 3.00. The van der Waals surface area contributed by atoms with Crippen molar-refractivity contribution in [2.45, 2.75) is 6.92 Å². The number of fused-ring (bicyclic) bond motifs is 1. The molecule has 0 atom stereocenters. The highest BCUT2D eigenvalue weighted by Crippen LogP contribution is 2.33. The Hall–Kier alpha value is -2.76. The van der Waals surface area contributed by atoms with Crippen LogP contribution in [0.2, 0.25) is 0 Å². The van der Waals surface area contributed by atoms with Crippen LogP contribution < -0.4 is 16.4 Å². The lowest BCUT2D eigenvalue weighted by atomic mass is 10.2. The summed E-state index contributed by atoms with van der Waals surface area (Å²) in [6.07, 6.45) is 0. The molecule has 2 aromatic carbocycles. The van der Waals surface area contributed by atoms with Crippen molar-refractivity contribution in [2.24, 2.45) is 0 Å². The quantitative estimate of drug-likeness (QED) is 0.726. The molecule has 0 amide bonds. The lowest BCUT2D eigenvalue weighted by Crippen LogP contribution is -2.17. The number of oxazole rings is 1. The highest BCUT2D eigenvalue weighted by Gasteiger charge is 2.14. The monoisotopic (exact) mass is 287 g/mol. The second kappa shape index (κ2) is 4.97. The van der Waals surface area contributed by atoms with E-state index in [2.05, 4.69) is 4.98 Å². The van der Waals surface area contributed by atoms with Crippen LogP contribution in [-0.4, -0.2) is 11.5 Å². The van der Waals surface area contributed by atoms with Gasteiger partial charge in [-0.2, -0.15) is 0 Å². The molecule has 0 radical (unpaired) electrons. The first-order valence-corrected chi connectivity index (χ1v) is 6.54. The van der Waals surface area contributed by atoms with E-state index < -0.39 is 5.76 Å². The van der Waals surface area contributed by atoms with Gasteiger partial charge in [0.05, 0.1) is 16.9 Å². The average molecular weight is 287 g/mol. The Balaban J connectivity index is 2.13. The van der Waals surface area contributed by atoms with Gasteiger partial charge in [-0.05, 0) is 37.3 Å². The lowest BCUT2D eigenvalue weighted by Gasteiger charge is -2.24. The first-order chi connectivity index (χ1) is 10.1. The van der Waals surface area contributed by atoms with Crippen molar-refractivity contribution in [1.29, 1.82) is 0 Å². The maximum Gasteiger partial charge on any atom is 0.417 e. The Bertz CT molecular complexity index is 836. The van der Waals surface area contributed by atoms with Crippen LogP contribution >= 0.6 is 0 Å². The molecule has 0 aliphatic heterocycles. The van der Waals surface area contributed by atoms with Gasteiger partial charge in [0.25, 0.3) is 0 Å². The summed E-state index contributed by atoms with van der Waals surface area (Å²) in [4.78, 5) is 15.8. The molecular formula is C15H14FN3O2. The van der Waals surface area contributed by atoms with Gasteiger partial charge in [-0.15, -0.1) is 0 Å². The van der Waals surface area contributed by atoms with Crippen LogP contribution in [0.15, 0.2) is 45.6 Å². The highest BCUT2D eigenvalue weighted by atomic mass is 19.1. The third kappa shape index (κ3) is 2.35. The summed E-state index contributed by atoms with van der Waals surface area (Å²) in [5.41, 5.74) is 9.06. The van der Waals surface area contributed by atoms with E-state index in [1.54, 1.807) is 24.3 Å². The van der Waals surface area contributed by atoms with E-state index in [4.69, 9.17) is 10.2 Å². The maximum atomic E-state index is 13.1. The molecular weight excluding hydrogens is 273 g/mol. The predicted molar refractivity (Wildman–Crippen MR) is 80.3 cm³/mol. The minimum Gasteiger partial charge on any atom is -0.408 e. The van der Waals surface area contributed by atoms with E-state index in [1.807, 2.05) is 11.8 Å². The number of aromatic nitrogens is 1. The number of halogens is 1. The van der Waals surface area contributed by atoms with Gasteiger partial charge in [-0.1, -0.05) is 0 Å². The molecule has 0 unspecified atom stereocenters. The molecule has 3 rings (SSSR count). The van der Waals surface area contributed by atoms with E-state index in [1.165, 1.54) is 12.1 Å². The van der Waals surface area contributed by atoms with Gasteiger partial charge >= 0.3 is 5.76 Å². The number of nitrogens with zero attached hydrogens (tertiary/aromatic N) is 1. The van der Waals surface area contributed by atoms with Crippen LogP contribution in [0.25, 0.3) is 11.1 Å². The SMILES string of the molecule is CCN(c1ccc(F)cc1)c1cc2[nH]c(=O)oc2cc1N. The Morgan fingerprint density at radius 3 is 2.67 bits per heavy atom. The van der Waals surface area contributed by atoms with Crippen LogP contribution in [0.4, 0.5) is 21.5 Å². The third-order valence-electron chi connectivity index (χ3n) is 3.31. The maximum absolute atomic E-state index is 13.1. The fraction of sp³-hybridized carbons (Fsp3) is 0.133. The number of H-pyrrole nitrogens is 1. The number of benzene rings is 2. The Morgan fingerprint density at radius 1 is 1.29 bits per heavy atom. The number of rotatable bonds is 3. The molecule has 0 saturated heterocycles. The molecule has 5 nitrogen and oxygen atoms in total. The molecule has 0 fully saturated rings. The lowest BCUT2D eigenvalue weighted by molar-refractivity contribution is 0.555. The van der Waals surface area contributed by atoms with E-state index in [-0.39, 0.29) is 5.82 Å². The average Bonchev–Trinajstić information content (AvgIpc) is 2.81. The van der Waals surface area contributed by atoms with Crippen molar-refractivity contribution in [3.63, 3.8) is 0 Å². The largest absolute Gasteiger partial charge is 0.417 e. The van der Waals surface area contributed by atoms with Gasteiger partial charge in [0.1, 0.15) is 5.82 Å². The number of nitrogen functional groups attached to an aromatic ring is 1. The number of aromatic amines is 1. The van der Waals surface area contributed by atoms with Crippen molar-refractivity contribution in [3.05, 3.63) is 52.8 Å². The van der Waals surface area contributed by atoms with E-state index in [9.17, 15) is 9.18 Å². The molecule has 1 aromatic heterocycles. The molecule has 0 aliphatic rings. The first kappa shape index (κ1) is 13.2. The first-order valence-electron chi connectivity index (χ1n) is 6.54. The number of hydrogen-bond acceptors (Lipinski definition) is 4. The molecule has 6 heteroatoms. The minimum absolute atomic E-state index is 0.294. The highest BCUT2D eigenvalue weighted by molar-refractivity contribution is 5.87. The number of nitrogens with one attached hydrogen (secondary N) is 1. The van der Waals surface area contributed by atoms with Crippen molar-refractivity contribution in [1.82, 2.24) is 4.98 Å². The fourth-order valence-electron chi connectivity index (χ4n) is 2.35. The standard InChI is InChI=1S/C15H14FN3O2/c1-2-19(10-5-3-9(16)4-6-10)13-8-12-14(7-11(13)17)21-15(20)18-12/h3-8H,2,17H2,1H3,(H,18,20). The topological polar surface area (TPSA) is 75.3 Å². The molecule has 108 valence electrons. The number of anilines is 3. The Morgan fingerprint density at radius 2 is 2.00 bits per heavy atom. The number of nitrogens with two attached hydrogens (primary N) is 1. The van der Waals surface area contributed by atoms with Gasteiger partial charge in [-0.25, -0.2) is 9.18 Å². The number of hydrogen-bond donors (Lipinski definition) is 2. The van der Waals surface area contributed by atoms with Crippen molar-refractivity contribution in [3.8, 4) is 0 Å². The van der Waals surface area contributed by atoms with Crippen LogP contribution in [0.1, 0.15) is 6.92 Å². The Labute approximate surface area is 119 Å². The van der Waals surface area contributed by atoms with Gasteiger partial charge in [0, 0.05) is 18.3 Å². The van der Waals surface area contributed by atoms with Crippen LogP contribution in [0.3, 0.4) is 0 Å². The summed E-state index contributed by atoms with van der Waals surface area (Å²) in [6.45, 7) is 2.61. The summed E-state index contributed by atoms with van der Waals surface area (Å²) in [7, 11) is 0. The Kier molecular flexibility index (Phi) is 3.13. The normalized spacial score (nSPS) is 11.0. The van der Waals surface area contributed by atoms with Crippen LogP contribution in [-0.2, 0) is 0 Å². The molecule has 3 N–H and O–H groups in total. The molecule has 3 aromatic rings. The smallest absolute Gasteiger partial charge is 0.408 e. The van der Waals surface area contributed by atoms with Gasteiger partial charge < -0.3 is 15.1 Å². The van der Waals surface area contributed by atoms with E-state index in [0.717, 1.165) is 11.4 Å². The summed E-state index contributed by atoms with van der Waals surface area (Å²) in [6, 6.07) is 9.51. The molecule has 0 aliphatic carbocycles. The fourth-order valence-corrected chi connectivity index (χ4v) is 2.35. The summed E-state index contributed by atoms with van der Waals surface area (Å²) < 4.78 is 18.0. The second-order valence-electron chi connectivity index (χ2n) is 4.64. The molecule has 0 saturated carbocycles. The molecule has 21 heavy (non-hydrogen) atoms.